The summed E-state index contributed by atoms with van der Waals surface area (Å²) in [6, 6.07) is 0. The molecule has 1 aromatic rings. The van der Waals surface area contributed by atoms with Crippen molar-refractivity contribution in [2.24, 2.45) is 5.73 Å². The number of rotatable bonds is 3. The minimum atomic E-state index is 0.562. The fourth-order valence-electron chi connectivity index (χ4n) is 2.52. The van der Waals surface area contributed by atoms with Crippen molar-refractivity contribution in [3.63, 3.8) is 0 Å². The van der Waals surface area contributed by atoms with Gasteiger partial charge < -0.3 is 10.6 Å². The molecule has 2 heterocycles. The quantitative estimate of drug-likeness (QED) is 0.863. The number of hydrogen-bond acceptors (Lipinski definition) is 4. The summed E-state index contributed by atoms with van der Waals surface area (Å²) in [5, 5.41) is 0. The largest absolute Gasteiger partial charge is 0.341 e. The second-order valence-corrected chi connectivity index (χ2v) is 5.11. The van der Waals surface area contributed by atoms with Crippen molar-refractivity contribution >= 4 is 5.95 Å². The predicted molar refractivity (Wildman–Crippen MR) is 68.0 cm³/mol. The summed E-state index contributed by atoms with van der Waals surface area (Å²) in [5.74, 6) is 1.57. The minimum absolute atomic E-state index is 0.562. The Morgan fingerprint density at radius 3 is 2.65 bits per heavy atom. The smallest absolute Gasteiger partial charge is 0.225 e. The molecule has 0 atom stereocenters. The van der Waals surface area contributed by atoms with Gasteiger partial charge in [0.1, 0.15) is 0 Å². The number of aromatic nitrogens is 2. The van der Waals surface area contributed by atoms with Crippen molar-refractivity contribution in [3.8, 4) is 0 Å². The van der Waals surface area contributed by atoms with Crippen LogP contribution >= 0.6 is 0 Å². The molecule has 17 heavy (non-hydrogen) atoms. The first kappa shape index (κ1) is 11.0. The van der Waals surface area contributed by atoms with Crippen molar-refractivity contribution in [1.29, 1.82) is 0 Å². The van der Waals surface area contributed by atoms with Crippen LogP contribution < -0.4 is 10.6 Å². The van der Waals surface area contributed by atoms with Crippen molar-refractivity contribution in [2.75, 3.05) is 18.0 Å². The second kappa shape index (κ2) is 4.61. The summed E-state index contributed by atoms with van der Waals surface area (Å²) in [5.41, 5.74) is 8.09. The van der Waals surface area contributed by atoms with Gasteiger partial charge in [0, 0.05) is 37.3 Å². The topological polar surface area (TPSA) is 55.0 Å². The summed E-state index contributed by atoms with van der Waals surface area (Å²) in [4.78, 5) is 11.6. The minimum Gasteiger partial charge on any atom is -0.341 e. The van der Waals surface area contributed by atoms with Crippen LogP contribution in [0.5, 0.6) is 0 Å². The lowest BCUT2D eigenvalue weighted by Gasteiger charge is -2.27. The van der Waals surface area contributed by atoms with E-state index in [-0.39, 0.29) is 0 Å². The molecule has 0 unspecified atom stereocenters. The molecule has 1 saturated carbocycles. The van der Waals surface area contributed by atoms with Crippen LogP contribution in [-0.4, -0.2) is 23.1 Å². The number of hydrogen-bond donors (Lipinski definition) is 1. The van der Waals surface area contributed by atoms with Gasteiger partial charge in [0.25, 0.3) is 0 Å². The molecule has 0 aromatic carbocycles. The van der Waals surface area contributed by atoms with Gasteiger partial charge in [0.2, 0.25) is 5.95 Å². The number of nitrogens with two attached hydrogens (primary N) is 1. The summed E-state index contributed by atoms with van der Waals surface area (Å²) in [6.07, 6.45) is 8.34. The Kier molecular flexibility index (Phi) is 2.97. The van der Waals surface area contributed by atoms with Gasteiger partial charge in [-0.1, -0.05) is 0 Å². The van der Waals surface area contributed by atoms with Crippen molar-refractivity contribution in [2.45, 2.75) is 44.6 Å². The molecule has 2 N–H and O–H groups in total. The molecule has 0 spiro atoms. The van der Waals surface area contributed by atoms with Gasteiger partial charge in [-0.05, 0) is 32.1 Å². The molecule has 4 nitrogen and oxygen atoms in total. The zero-order valence-corrected chi connectivity index (χ0v) is 10.2. The third-order valence-corrected chi connectivity index (χ3v) is 3.71. The van der Waals surface area contributed by atoms with E-state index in [1.165, 1.54) is 37.8 Å². The Morgan fingerprint density at radius 1 is 1.24 bits per heavy atom. The first-order valence-corrected chi connectivity index (χ1v) is 6.69. The number of nitrogens with zero attached hydrogens (tertiary/aromatic N) is 3. The van der Waals surface area contributed by atoms with E-state index in [1.807, 2.05) is 6.20 Å². The Hall–Kier alpha value is -1.16. The third-order valence-electron chi connectivity index (χ3n) is 3.71. The SMILES string of the molecule is NCc1cnc(N2CCCCC2)nc1C1CC1. The monoisotopic (exact) mass is 232 g/mol. The van der Waals surface area contributed by atoms with E-state index in [0.717, 1.165) is 24.6 Å². The molecule has 0 amide bonds. The van der Waals surface area contributed by atoms with Gasteiger partial charge >= 0.3 is 0 Å². The lowest BCUT2D eigenvalue weighted by Crippen LogP contribution is -2.31. The highest BCUT2D eigenvalue weighted by Crippen LogP contribution is 2.40. The molecule has 0 bridgehead atoms. The van der Waals surface area contributed by atoms with Crippen LogP contribution in [0.15, 0.2) is 6.20 Å². The molecule has 0 radical (unpaired) electrons. The highest BCUT2D eigenvalue weighted by atomic mass is 15.2. The zero-order valence-electron chi connectivity index (χ0n) is 10.2. The van der Waals surface area contributed by atoms with Crippen LogP contribution in [0.3, 0.4) is 0 Å². The summed E-state index contributed by atoms with van der Waals surface area (Å²) in [7, 11) is 0. The van der Waals surface area contributed by atoms with E-state index in [9.17, 15) is 0 Å². The van der Waals surface area contributed by atoms with Crippen LogP contribution in [0.2, 0.25) is 0 Å². The lowest BCUT2D eigenvalue weighted by atomic mass is 10.1. The van der Waals surface area contributed by atoms with Gasteiger partial charge in [-0.3, -0.25) is 0 Å². The average molecular weight is 232 g/mol. The van der Waals surface area contributed by atoms with Crippen LogP contribution in [-0.2, 0) is 6.54 Å². The Morgan fingerprint density at radius 2 is 2.00 bits per heavy atom. The highest BCUT2D eigenvalue weighted by Gasteiger charge is 2.28. The molecule has 2 fully saturated rings. The highest BCUT2D eigenvalue weighted by molar-refractivity contribution is 5.36. The Balaban J connectivity index is 1.86. The van der Waals surface area contributed by atoms with Crippen LogP contribution in [0.1, 0.15) is 49.3 Å². The van der Waals surface area contributed by atoms with Crippen molar-refractivity contribution in [3.05, 3.63) is 17.5 Å². The molecule has 1 saturated heterocycles. The van der Waals surface area contributed by atoms with Crippen molar-refractivity contribution < 1.29 is 0 Å². The van der Waals surface area contributed by atoms with E-state index in [1.54, 1.807) is 0 Å². The molecule has 2 aliphatic rings. The molecule has 1 aliphatic heterocycles. The third kappa shape index (κ3) is 2.27. The summed E-state index contributed by atoms with van der Waals surface area (Å²) < 4.78 is 0. The number of piperidine rings is 1. The molecular weight excluding hydrogens is 212 g/mol. The van der Waals surface area contributed by atoms with Crippen LogP contribution in [0.4, 0.5) is 5.95 Å². The first-order chi connectivity index (χ1) is 8.38. The molecule has 1 aliphatic carbocycles. The van der Waals surface area contributed by atoms with E-state index in [2.05, 4.69) is 9.88 Å². The maximum atomic E-state index is 5.75. The fraction of sp³-hybridized carbons (Fsp3) is 0.692. The summed E-state index contributed by atoms with van der Waals surface area (Å²) in [6.45, 7) is 2.77. The molecule has 92 valence electrons. The predicted octanol–water partition coefficient (Wildman–Crippen LogP) is 1.80. The Labute approximate surface area is 102 Å². The maximum absolute atomic E-state index is 5.75. The first-order valence-electron chi connectivity index (χ1n) is 6.69. The van der Waals surface area contributed by atoms with E-state index >= 15 is 0 Å². The van der Waals surface area contributed by atoms with Gasteiger partial charge in [-0.25, -0.2) is 9.97 Å². The molecule has 4 heteroatoms. The van der Waals surface area contributed by atoms with Gasteiger partial charge in [-0.15, -0.1) is 0 Å². The van der Waals surface area contributed by atoms with Crippen LogP contribution in [0.25, 0.3) is 0 Å². The standard InChI is InChI=1S/C13H20N4/c14-8-11-9-15-13(16-12(11)10-4-5-10)17-6-2-1-3-7-17/h9-10H,1-8,14H2. The van der Waals surface area contributed by atoms with Crippen molar-refractivity contribution in [1.82, 2.24) is 9.97 Å². The van der Waals surface area contributed by atoms with E-state index in [4.69, 9.17) is 10.7 Å². The number of anilines is 1. The van der Waals surface area contributed by atoms with E-state index < -0.39 is 0 Å². The van der Waals surface area contributed by atoms with Crippen LogP contribution in [0, 0.1) is 0 Å². The van der Waals surface area contributed by atoms with E-state index in [0.29, 0.717) is 12.5 Å². The normalized spacial score (nSPS) is 20.6. The second-order valence-electron chi connectivity index (χ2n) is 5.11. The fourth-order valence-corrected chi connectivity index (χ4v) is 2.52. The maximum Gasteiger partial charge on any atom is 0.225 e. The Bertz CT molecular complexity index is 394. The van der Waals surface area contributed by atoms with Gasteiger partial charge in [0.05, 0.1) is 5.69 Å². The lowest BCUT2D eigenvalue weighted by molar-refractivity contribution is 0.566. The summed E-state index contributed by atoms with van der Waals surface area (Å²) >= 11 is 0. The average Bonchev–Trinajstić information content (AvgIpc) is 3.23. The molecular formula is C13H20N4. The zero-order chi connectivity index (χ0) is 11.7. The molecule has 1 aromatic heterocycles. The van der Waals surface area contributed by atoms with Gasteiger partial charge in [0.15, 0.2) is 0 Å². The van der Waals surface area contributed by atoms with Gasteiger partial charge in [-0.2, -0.15) is 0 Å². The molecule has 3 rings (SSSR count).